The van der Waals surface area contributed by atoms with Crippen molar-refractivity contribution < 1.29 is 24.9 Å². The monoisotopic (exact) mass is 318 g/mol. The van der Waals surface area contributed by atoms with Crippen molar-refractivity contribution in [3.05, 3.63) is 0 Å². The van der Waals surface area contributed by atoms with Gasteiger partial charge in [0.15, 0.2) is 0 Å². The lowest BCUT2D eigenvalue weighted by Crippen LogP contribution is -2.57. The SMILES string of the molecule is CC(C)(C)OC(=O)N1CCCC(CNC(CO)(CO)CO)C1. The number of aliphatic hydroxyl groups excluding tert-OH is 3. The second kappa shape index (κ2) is 8.10. The summed E-state index contributed by atoms with van der Waals surface area (Å²) < 4.78 is 5.38. The molecule has 7 heteroatoms. The van der Waals surface area contributed by atoms with Crippen LogP contribution in [0.25, 0.3) is 0 Å². The first-order valence-electron chi connectivity index (χ1n) is 7.81. The van der Waals surface area contributed by atoms with Gasteiger partial charge < -0.3 is 30.3 Å². The van der Waals surface area contributed by atoms with Crippen molar-refractivity contribution in [2.24, 2.45) is 5.92 Å². The fourth-order valence-corrected chi connectivity index (χ4v) is 2.40. The Kier molecular flexibility index (Phi) is 7.05. The Morgan fingerprint density at radius 2 is 1.82 bits per heavy atom. The molecule has 0 aromatic carbocycles. The maximum absolute atomic E-state index is 12.1. The van der Waals surface area contributed by atoms with Gasteiger partial charge in [-0.2, -0.15) is 0 Å². The summed E-state index contributed by atoms with van der Waals surface area (Å²) in [6.07, 6.45) is 1.52. The molecule has 0 aromatic heterocycles. The van der Waals surface area contributed by atoms with E-state index in [4.69, 9.17) is 4.74 Å². The number of amides is 1. The predicted molar refractivity (Wildman–Crippen MR) is 82.5 cm³/mol. The van der Waals surface area contributed by atoms with Gasteiger partial charge in [-0.15, -0.1) is 0 Å². The van der Waals surface area contributed by atoms with Crippen LogP contribution in [0.2, 0.25) is 0 Å². The van der Waals surface area contributed by atoms with E-state index in [1.807, 2.05) is 20.8 Å². The minimum Gasteiger partial charge on any atom is -0.444 e. The van der Waals surface area contributed by atoms with Crippen LogP contribution < -0.4 is 5.32 Å². The van der Waals surface area contributed by atoms with Crippen LogP contribution in [0.4, 0.5) is 4.79 Å². The molecule has 7 nitrogen and oxygen atoms in total. The van der Waals surface area contributed by atoms with E-state index in [0.29, 0.717) is 19.6 Å². The van der Waals surface area contributed by atoms with Gasteiger partial charge in [0.25, 0.3) is 0 Å². The molecule has 0 radical (unpaired) electrons. The van der Waals surface area contributed by atoms with Gasteiger partial charge in [-0.05, 0) is 39.5 Å². The summed E-state index contributed by atoms with van der Waals surface area (Å²) in [5.74, 6) is 0.199. The molecule has 0 aromatic rings. The van der Waals surface area contributed by atoms with E-state index in [1.165, 1.54) is 0 Å². The average Bonchev–Trinajstić information content (AvgIpc) is 2.48. The van der Waals surface area contributed by atoms with Crippen LogP contribution in [0.15, 0.2) is 0 Å². The van der Waals surface area contributed by atoms with E-state index in [0.717, 1.165) is 12.8 Å². The van der Waals surface area contributed by atoms with Crippen LogP contribution in [0.1, 0.15) is 33.6 Å². The van der Waals surface area contributed by atoms with Crippen molar-refractivity contribution in [3.8, 4) is 0 Å². The van der Waals surface area contributed by atoms with Gasteiger partial charge in [-0.1, -0.05) is 0 Å². The van der Waals surface area contributed by atoms with Crippen molar-refractivity contribution in [3.63, 3.8) is 0 Å². The highest BCUT2D eigenvalue weighted by molar-refractivity contribution is 5.68. The summed E-state index contributed by atoms with van der Waals surface area (Å²) >= 11 is 0. The number of carbonyl (C=O) groups is 1. The largest absolute Gasteiger partial charge is 0.444 e. The van der Waals surface area contributed by atoms with Crippen LogP contribution >= 0.6 is 0 Å². The number of piperidine rings is 1. The van der Waals surface area contributed by atoms with Crippen LogP contribution in [-0.4, -0.2) is 76.9 Å². The van der Waals surface area contributed by atoms with E-state index >= 15 is 0 Å². The van der Waals surface area contributed by atoms with Gasteiger partial charge in [-0.3, -0.25) is 0 Å². The minimum absolute atomic E-state index is 0.199. The number of carbonyl (C=O) groups excluding carboxylic acids is 1. The molecule has 0 aliphatic carbocycles. The molecule has 1 aliphatic heterocycles. The molecule has 0 spiro atoms. The maximum Gasteiger partial charge on any atom is 0.410 e. The Bertz CT molecular complexity index is 344. The predicted octanol–water partition coefficient (Wildman–Crippen LogP) is -0.0612. The normalized spacial score (nSPS) is 20.1. The number of rotatable bonds is 6. The Morgan fingerprint density at radius 1 is 1.23 bits per heavy atom. The average molecular weight is 318 g/mol. The van der Waals surface area contributed by atoms with Gasteiger partial charge in [-0.25, -0.2) is 4.79 Å². The highest BCUT2D eigenvalue weighted by Crippen LogP contribution is 2.19. The summed E-state index contributed by atoms with van der Waals surface area (Å²) in [6, 6.07) is 0. The number of likely N-dealkylation sites (tertiary alicyclic amines) is 1. The van der Waals surface area contributed by atoms with Crippen molar-refractivity contribution in [2.45, 2.75) is 44.8 Å². The molecular formula is C15H30N2O5. The second-order valence-corrected chi connectivity index (χ2v) is 7.07. The topological polar surface area (TPSA) is 102 Å². The van der Waals surface area contributed by atoms with Gasteiger partial charge in [0.1, 0.15) is 5.60 Å². The third-order valence-corrected chi connectivity index (χ3v) is 3.84. The zero-order valence-electron chi connectivity index (χ0n) is 13.8. The van der Waals surface area contributed by atoms with Crippen LogP contribution in [0.5, 0.6) is 0 Å². The Balaban J connectivity index is 2.51. The molecule has 22 heavy (non-hydrogen) atoms. The van der Waals surface area contributed by atoms with E-state index in [2.05, 4.69) is 5.32 Å². The van der Waals surface area contributed by atoms with Crippen molar-refractivity contribution >= 4 is 6.09 Å². The fraction of sp³-hybridized carbons (Fsp3) is 0.933. The number of nitrogens with one attached hydrogen (secondary N) is 1. The number of hydrogen-bond donors (Lipinski definition) is 4. The van der Waals surface area contributed by atoms with E-state index < -0.39 is 11.1 Å². The molecule has 0 bridgehead atoms. The third-order valence-electron chi connectivity index (χ3n) is 3.84. The lowest BCUT2D eigenvalue weighted by Gasteiger charge is -2.36. The fourth-order valence-electron chi connectivity index (χ4n) is 2.40. The molecule has 1 rings (SSSR count). The summed E-state index contributed by atoms with van der Waals surface area (Å²) in [4.78, 5) is 13.8. The first kappa shape index (κ1) is 19.2. The zero-order valence-corrected chi connectivity index (χ0v) is 13.8. The molecule has 4 N–H and O–H groups in total. The summed E-state index contributed by atoms with van der Waals surface area (Å²) in [6.45, 7) is 6.25. The van der Waals surface area contributed by atoms with Crippen molar-refractivity contribution in [1.29, 1.82) is 0 Å². The first-order valence-corrected chi connectivity index (χ1v) is 7.81. The van der Waals surface area contributed by atoms with Crippen molar-refractivity contribution in [2.75, 3.05) is 39.5 Å². The lowest BCUT2D eigenvalue weighted by molar-refractivity contribution is 0.0125. The highest BCUT2D eigenvalue weighted by atomic mass is 16.6. The molecular weight excluding hydrogens is 288 g/mol. The molecule has 1 heterocycles. The van der Waals surface area contributed by atoms with Gasteiger partial charge >= 0.3 is 6.09 Å². The van der Waals surface area contributed by atoms with Gasteiger partial charge in [0.2, 0.25) is 0 Å². The minimum atomic E-state index is -1.08. The molecule has 1 aliphatic rings. The van der Waals surface area contributed by atoms with Crippen LogP contribution in [-0.2, 0) is 4.74 Å². The summed E-state index contributed by atoms with van der Waals surface area (Å²) in [7, 11) is 0. The van der Waals surface area contributed by atoms with E-state index in [9.17, 15) is 20.1 Å². The second-order valence-electron chi connectivity index (χ2n) is 7.07. The Morgan fingerprint density at radius 3 is 2.32 bits per heavy atom. The summed E-state index contributed by atoms with van der Waals surface area (Å²) in [5.41, 5.74) is -1.59. The molecule has 1 fully saturated rings. The van der Waals surface area contributed by atoms with Crippen LogP contribution in [0, 0.1) is 5.92 Å². The van der Waals surface area contributed by atoms with E-state index in [-0.39, 0.29) is 31.8 Å². The molecule has 0 saturated carbocycles. The number of ether oxygens (including phenoxy) is 1. The molecule has 1 unspecified atom stereocenters. The molecule has 1 saturated heterocycles. The van der Waals surface area contributed by atoms with Gasteiger partial charge in [0.05, 0.1) is 25.4 Å². The number of nitrogens with zero attached hydrogens (tertiary/aromatic N) is 1. The third kappa shape index (κ3) is 5.72. The number of hydrogen-bond acceptors (Lipinski definition) is 6. The zero-order chi connectivity index (χ0) is 16.8. The lowest BCUT2D eigenvalue weighted by atomic mass is 9.96. The standard InChI is InChI=1S/C15H30N2O5/c1-14(2,3)22-13(21)17-6-4-5-12(8-17)7-16-15(9-18,10-19)11-20/h12,16,18-20H,4-11H2,1-3H3. The van der Waals surface area contributed by atoms with E-state index in [1.54, 1.807) is 4.90 Å². The Hall–Kier alpha value is -0.890. The van der Waals surface area contributed by atoms with Crippen LogP contribution in [0.3, 0.4) is 0 Å². The molecule has 1 amide bonds. The highest BCUT2D eigenvalue weighted by Gasteiger charge is 2.31. The quantitative estimate of drug-likeness (QED) is 0.547. The Labute approximate surface area is 132 Å². The summed E-state index contributed by atoms with van der Waals surface area (Å²) in [5, 5.41) is 31.0. The smallest absolute Gasteiger partial charge is 0.410 e. The number of aliphatic hydroxyl groups is 3. The van der Waals surface area contributed by atoms with Gasteiger partial charge in [0, 0.05) is 19.6 Å². The maximum atomic E-state index is 12.1. The van der Waals surface area contributed by atoms with Crippen molar-refractivity contribution in [1.82, 2.24) is 10.2 Å². The molecule has 1 atom stereocenters. The molecule has 130 valence electrons. The first-order chi connectivity index (χ1) is 10.2.